The summed E-state index contributed by atoms with van der Waals surface area (Å²) >= 11 is 0. The van der Waals surface area contributed by atoms with Crippen molar-refractivity contribution in [2.45, 2.75) is 45.3 Å². The molecule has 1 saturated carbocycles. The molecule has 1 fully saturated rings. The zero-order valence-corrected chi connectivity index (χ0v) is 9.33. The van der Waals surface area contributed by atoms with Crippen LogP contribution in [-0.2, 0) is 14.2 Å². The number of hydrogen-bond donors (Lipinski definition) is 0. The molecule has 1 rings (SSSR count). The summed E-state index contributed by atoms with van der Waals surface area (Å²) in [6.45, 7) is 6.83. The van der Waals surface area contributed by atoms with Crippen LogP contribution in [-0.4, -0.2) is 38.6 Å². The van der Waals surface area contributed by atoms with Crippen molar-refractivity contribution in [2.24, 2.45) is 0 Å². The zero-order chi connectivity index (χ0) is 10.2. The highest BCUT2D eigenvalue weighted by atomic mass is 16.5. The minimum absolute atomic E-state index is 0.296. The quantitative estimate of drug-likeness (QED) is 0.563. The second kappa shape index (κ2) is 7.21. The van der Waals surface area contributed by atoms with Crippen molar-refractivity contribution in [2.75, 3.05) is 26.4 Å². The van der Waals surface area contributed by atoms with Crippen LogP contribution in [0, 0.1) is 0 Å². The van der Waals surface area contributed by atoms with Gasteiger partial charge in [-0.2, -0.15) is 0 Å². The average molecular weight is 202 g/mol. The number of rotatable bonds is 8. The summed E-state index contributed by atoms with van der Waals surface area (Å²) in [7, 11) is 0. The van der Waals surface area contributed by atoms with Crippen LogP contribution in [0.5, 0.6) is 0 Å². The first-order valence-electron chi connectivity index (χ1n) is 5.60. The molecule has 1 aliphatic carbocycles. The first-order valence-corrected chi connectivity index (χ1v) is 5.60. The second-order valence-corrected chi connectivity index (χ2v) is 3.96. The lowest BCUT2D eigenvalue weighted by molar-refractivity contribution is -0.0409. The van der Waals surface area contributed by atoms with Gasteiger partial charge in [0.25, 0.3) is 0 Å². The SMILES string of the molecule is CC(C)OCCOCCOC1CCC1. The van der Waals surface area contributed by atoms with Crippen LogP contribution in [0.15, 0.2) is 0 Å². The smallest absolute Gasteiger partial charge is 0.0704 e. The highest BCUT2D eigenvalue weighted by Crippen LogP contribution is 2.21. The van der Waals surface area contributed by atoms with E-state index in [1.165, 1.54) is 19.3 Å². The van der Waals surface area contributed by atoms with E-state index in [-0.39, 0.29) is 0 Å². The molecule has 84 valence electrons. The van der Waals surface area contributed by atoms with Crippen LogP contribution in [0.3, 0.4) is 0 Å². The first-order chi connectivity index (χ1) is 6.79. The van der Waals surface area contributed by atoms with Gasteiger partial charge in [-0.1, -0.05) is 0 Å². The summed E-state index contributed by atoms with van der Waals surface area (Å²) in [5, 5.41) is 0. The van der Waals surface area contributed by atoms with Gasteiger partial charge >= 0.3 is 0 Å². The summed E-state index contributed by atoms with van der Waals surface area (Å²) in [6.07, 6.45) is 4.61. The summed E-state index contributed by atoms with van der Waals surface area (Å²) in [6, 6.07) is 0. The van der Waals surface area contributed by atoms with Crippen LogP contribution in [0.1, 0.15) is 33.1 Å². The van der Waals surface area contributed by atoms with Gasteiger partial charge in [0.05, 0.1) is 38.6 Å². The van der Waals surface area contributed by atoms with Crippen molar-refractivity contribution in [3.63, 3.8) is 0 Å². The molecule has 0 aromatic rings. The number of hydrogen-bond acceptors (Lipinski definition) is 3. The fourth-order valence-electron chi connectivity index (χ4n) is 1.26. The van der Waals surface area contributed by atoms with E-state index in [0.29, 0.717) is 32.0 Å². The largest absolute Gasteiger partial charge is 0.377 e. The van der Waals surface area contributed by atoms with Crippen molar-refractivity contribution in [3.8, 4) is 0 Å². The normalized spacial score (nSPS) is 17.4. The fourth-order valence-corrected chi connectivity index (χ4v) is 1.26. The van der Waals surface area contributed by atoms with E-state index in [0.717, 1.165) is 6.61 Å². The molecule has 0 heterocycles. The van der Waals surface area contributed by atoms with Gasteiger partial charge < -0.3 is 14.2 Å². The minimum atomic E-state index is 0.296. The van der Waals surface area contributed by atoms with Gasteiger partial charge in [0.1, 0.15) is 0 Å². The van der Waals surface area contributed by atoms with Gasteiger partial charge in [-0.15, -0.1) is 0 Å². The van der Waals surface area contributed by atoms with Crippen LogP contribution >= 0.6 is 0 Å². The summed E-state index contributed by atoms with van der Waals surface area (Å²) in [4.78, 5) is 0. The van der Waals surface area contributed by atoms with Crippen molar-refractivity contribution < 1.29 is 14.2 Å². The Morgan fingerprint density at radius 3 is 2.36 bits per heavy atom. The molecule has 3 heteroatoms. The standard InChI is InChI=1S/C11H22O3/c1-10(2)13-8-6-12-7-9-14-11-4-3-5-11/h10-11H,3-9H2,1-2H3. The van der Waals surface area contributed by atoms with E-state index in [2.05, 4.69) is 0 Å². The van der Waals surface area contributed by atoms with Gasteiger partial charge in [0.2, 0.25) is 0 Å². The Morgan fingerprint density at radius 2 is 1.79 bits per heavy atom. The Bertz CT molecular complexity index is 132. The molecule has 1 aliphatic rings. The molecule has 0 N–H and O–H groups in total. The lowest BCUT2D eigenvalue weighted by Crippen LogP contribution is -2.23. The zero-order valence-electron chi connectivity index (χ0n) is 9.33. The molecule has 0 aliphatic heterocycles. The van der Waals surface area contributed by atoms with Gasteiger partial charge in [-0.3, -0.25) is 0 Å². The molecule has 0 aromatic heterocycles. The second-order valence-electron chi connectivity index (χ2n) is 3.96. The van der Waals surface area contributed by atoms with E-state index in [4.69, 9.17) is 14.2 Å². The monoisotopic (exact) mass is 202 g/mol. The van der Waals surface area contributed by atoms with Crippen LogP contribution in [0.25, 0.3) is 0 Å². The van der Waals surface area contributed by atoms with Crippen molar-refractivity contribution in [1.29, 1.82) is 0 Å². The third-order valence-corrected chi connectivity index (χ3v) is 2.31. The molecule has 0 aromatic carbocycles. The Labute approximate surface area is 86.7 Å². The molecule has 0 unspecified atom stereocenters. The van der Waals surface area contributed by atoms with Gasteiger partial charge in [0, 0.05) is 0 Å². The minimum Gasteiger partial charge on any atom is -0.377 e. The molecule has 0 saturated heterocycles. The lowest BCUT2D eigenvalue weighted by Gasteiger charge is -2.25. The van der Waals surface area contributed by atoms with Gasteiger partial charge in [-0.05, 0) is 33.1 Å². The Hall–Kier alpha value is -0.120. The summed E-state index contributed by atoms with van der Waals surface area (Å²) in [5.41, 5.74) is 0. The lowest BCUT2D eigenvalue weighted by atomic mass is 9.96. The number of ether oxygens (including phenoxy) is 3. The van der Waals surface area contributed by atoms with E-state index >= 15 is 0 Å². The van der Waals surface area contributed by atoms with Crippen LogP contribution < -0.4 is 0 Å². The highest BCUT2D eigenvalue weighted by molar-refractivity contribution is 4.68. The summed E-state index contributed by atoms with van der Waals surface area (Å²) in [5.74, 6) is 0. The molecule has 0 atom stereocenters. The molecule has 3 nitrogen and oxygen atoms in total. The Balaban J connectivity index is 1.71. The summed E-state index contributed by atoms with van der Waals surface area (Å²) < 4.78 is 16.2. The molecule has 0 radical (unpaired) electrons. The molecular formula is C11H22O3. The Kier molecular flexibility index (Phi) is 6.15. The predicted molar refractivity (Wildman–Crippen MR) is 55.5 cm³/mol. The van der Waals surface area contributed by atoms with Gasteiger partial charge in [-0.25, -0.2) is 0 Å². The van der Waals surface area contributed by atoms with Gasteiger partial charge in [0.15, 0.2) is 0 Å². The van der Waals surface area contributed by atoms with E-state index in [1.54, 1.807) is 0 Å². The molecule has 14 heavy (non-hydrogen) atoms. The third-order valence-electron chi connectivity index (χ3n) is 2.31. The average Bonchev–Trinajstić information content (AvgIpc) is 2.06. The van der Waals surface area contributed by atoms with Crippen molar-refractivity contribution in [1.82, 2.24) is 0 Å². The highest BCUT2D eigenvalue weighted by Gasteiger charge is 2.16. The maximum absolute atomic E-state index is 5.54. The molecular weight excluding hydrogens is 180 g/mol. The Morgan fingerprint density at radius 1 is 1.07 bits per heavy atom. The predicted octanol–water partition coefficient (Wildman–Crippen LogP) is 2.00. The maximum atomic E-state index is 5.54. The van der Waals surface area contributed by atoms with E-state index in [9.17, 15) is 0 Å². The first kappa shape index (κ1) is 12.0. The third kappa shape index (κ3) is 5.58. The van der Waals surface area contributed by atoms with E-state index < -0.39 is 0 Å². The fraction of sp³-hybridized carbons (Fsp3) is 1.00. The van der Waals surface area contributed by atoms with Crippen molar-refractivity contribution in [3.05, 3.63) is 0 Å². The van der Waals surface area contributed by atoms with Crippen LogP contribution in [0.4, 0.5) is 0 Å². The molecule has 0 amide bonds. The molecule has 0 bridgehead atoms. The topological polar surface area (TPSA) is 27.7 Å². The maximum Gasteiger partial charge on any atom is 0.0704 e. The molecule has 0 spiro atoms. The van der Waals surface area contributed by atoms with Crippen LogP contribution in [0.2, 0.25) is 0 Å². The van der Waals surface area contributed by atoms with Crippen molar-refractivity contribution >= 4 is 0 Å². The van der Waals surface area contributed by atoms with E-state index in [1.807, 2.05) is 13.8 Å².